The number of carbonyl (C=O) groups excluding carboxylic acids is 2. The number of hydrogen-bond donors (Lipinski definition) is 1. The van der Waals surface area contributed by atoms with E-state index in [-0.39, 0.29) is 11.8 Å². The zero-order valence-corrected chi connectivity index (χ0v) is 9.53. The van der Waals surface area contributed by atoms with Crippen LogP contribution in [0.4, 0.5) is 0 Å². The van der Waals surface area contributed by atoms with Crippen molar-refractivity contribution < 1.29 is 9.59 Å². The highest BCUT2D eigenvalue weighted by molar-refractivity contribution is 6.39. The Labute approximate surface area is 94.9 Å². The van der Waals surface area contributed by atoms with Crippen LogP contribution in [0.5, 0.6) is 0 Å². The van der Waals surface area contributed by atoms with Gasteiger partial charge in [0, 0.05) is 25.4 Å². The van der Waals surface area contributed by atoms with Crippen LogP contribution >= 0.6 is 0 Å². The summed E-state index contributed by atoms with van der Waals surface area (Å²) in [7, 11) is 0. The molecule has 1 fully saturated rings. The van der Waals surface area contributed by atoms with Crippen molar-refractivity contribution in [3.05, 3.63) is 0 Å². The van der Waals surface area contributed by atoms with Crippen LogP contribution < -0.4 is 5.43 Å². The molecular formula is C11H17N3O2. The molecule has 0 saturated heterocycles. The number of hydrazone groups is 1. The van der Waals surface area contributed by atoms with Crippen molar-refractivity contribution >= 4 is 17.5 Å². The summed E-state index contributed by atoms with van der Waals surface area (Å²) in [6, 6.07) is 0.410. The van der Waals surface area contributed by atoms with Gasteiger partial charge in [-0.15, -0.1) is 0 Å². The molecule has 0 aromatic carbocycles. The fourth-order valence-corrected chi connectivity index (χ4v) is 1.87. The van der Waals surface area contributed by atoms with Crippen LogP contribution in [0.3, 0.4) is 0 Å². The topological polar surface area (TPSA) is 61.8 Å². The van der Waals surface area contributed by atoms with Gasteiger partial charge < -0.3 is 4.90 Å². The van der Waals surface area contributed by atoms with Crippen LogP contribution in [0.25, 0.3) is 0 Å². The minimum Gasteiger partial charge on any atom is -0.335 e. The molecule has 1 aliphatic carbocycles. The molecule has 2 aliphatic rings. The molecule has 0 aromatic rings. The van der Waals surface area contributed by atoms with E-state index < -0.39 is 0 Å². The third-order valence-electron chi connectivity index (χ3n) is 2.86. The van der Waals surface area contributed by atoms with E-state index in [1.54, 1.807) is 0 Å². The molecule has 0 radical (unpaired) electrons. The third-order valence-corrected chi connectivity index (χ3v) is 2.86. The van der Waals surface area contributed by atoms with Crippen LogP contribution in [-0.4, -0.2) is 35.0 Å². The molecule has 0 unspecified atom stereocenters. The summed E-state index contributed by atoms with van der Waals surface area (Å²) >= 11 is 0. The van der Waals surface area contributed by atoms with Crippen LogP contribution in [0.1, 0.15) is 39.0 Å². The van der Waals surface area contributed by atoms with Gasteiger partial charge in [0.2, 0.25) is 5.91 Å². The minimum absolute atomic E-state index is 0.00403. The van der Waals surface area contributed by atoms with Gasteiger partial charge in [-0.1, -0.05) is 6.92 Å². The number of rotatable bonds is 4. The number of nitrogens with zero attached hydrogens (tertiary/aromatic N) is 2. The van der Waals surface area contributed by atoms with Gasteiger partial charge in [-0.3, -0.25) is 9.59 Å². The van der Waals surface area contributed by atoms with Gasteiger partial charge in [-0.2, -0.15) is 5.10 Å². The Morgan fingerprint density at radius 1 is 1.50 bits per heavy atom. The summed E-state index contributed by atoms with van der Waals surface area (Å²) in [6.07, 6.45) is 4.01. The average molecular weight is 223 g/mol. The molecule has 0 aromatic heterocycles. The van der Waals surface area contributed by atoms with Gasteiger partial charge >= 0.3 is 0 Å². The summed E-state index contributed by atoms with van der Waals surface area (Å²) in [4.78, 5) is 24.9. The van der Waals surface area contributed by atoms with Gasteiger partial charge in [0.05, 0.1) is 0 Å². The van der Waals surface area contributed by atoms with E-state index in [2.05, 4.69) is 17.5 Å². The first-order chi connectivity index (χ1) is 7.72. The Kier molecular flexibility index (Phi) is 3.22. The lowest BCUT2D eigenvalue weighted by molar-refractivity contribution is -0.125. The average Bonchev–Trinajstić information content (AvgIpc) is 3.10. The summed E-state index contributed by atoms with van der Waals surface area (Å²) < 4.78 is 0. The predicted molar refractivity (Wildman–Crippen MR) is 59.8 cm³/mol. The summed E-state index contributed by atoms with van der Waals surface area (Å²) in [6.45, 7) is 2.85. The second kappa shape index (κ2) is 4.63. The second-order valence-electron chi connectivity index (χ2n) is 4.32. The van der Waals surface area contributed by atoms with E-state index in [0.717, 1.165) is 25.8 Å². The standard InChI is InChI=1S/C11H17N3O2/c1-2-7-14(8-3-4-8)11(16)9-5-6-10(15)13-12-9/h8H,2-7H2,1H3,(H,13,15). The molecule has 88 valence electrons. The van der Waals surface area contributed by atoms with Crippen LogP contribution in [0.2, 0.25) is 0 Å². The van der Waals surface area contributed by atoms with Gasteiger partial charge in [-0.25, -0.2) is 5.43 Å². The Balaban J connectivity index is 2.01. The molecule has 1 N–H and O–H groups in total. The maximum Gasteiger partial charge on any atom is 0.270 e. The highest BCUT2D eigenvalue weighted by Crippen LogP contribution is 2.27. The second-order valence-corrected chi connectivity index (χ2v) is 4.32. The van der Waals surface area contributed by atoms with Gasteiger partial charge in [0.15, 0.2) is 0 Å². The largest absolute Gasteiger partial charge is 0.335 e. The smallest absolute Gasteiger partial charge is 0.270 e. The number of carbonyl (C=O) groups is 2. The molecule has 16 heavy (non-hydrogen) atoms. The summed E-state index contributed by atoms with van der Waals surface area (Å²) in [5, 5.41) is 3.85. The highest BCUT2D eigenvalue weighted by atomic mass is 16.2. The first-order valence-electron chi connectivity index (χ1n) is 5.88. The molecule has 1 saturated carbocycles. The molecule has 5 heteroatoms. The zero-order valence-electron chi connectivity index (χ0n) is 9.53. The fourth-order valence-electron chi connectivity index (χ4n) is 1.87. The predicted octanol–water partition coefficient (Wildman–Crippen LogP) is 0.653. The Hall–Kier alpha value is -1.39. The molecule has 2 amide bonds. The van der Waals surface area contributed by atoms with E-state index in [9.17, 15) is 9.59 Å². The molecule has 5 nitrogen and oxygen atoms in total. The SMILES string of the molecule is CCCN(C(=O)C1=NNC(=O)CC1)C1CC1. The van der Waals surface area contributed by atoms with E-state index in [0.29, 0.717) is 24.6 Å². The molecule has 0 bridgehead atoms. The van der Waals surface area contributed by atoms with Gasteiger partial charge in [0.1, 0.15) is 5.71 Å². The molecule has 2 rings (SSSR count). The van der Waals surface area contributed by atoms with Crippen molar-refractivity contribution in [1.29, 1.82) is 0 Å². The van der Waals surface area contributed by atoms with Crippen molar-refractivity contribution in [2.75, 3.05) is 6.54 Å². The zero-order chi connectivity index (χ0) is 11.5. The van der Waals surface area contributed by atoms with E-state index in [4.69, 9.17) is 0 Å². The van der Waals surface area contributed by atoms with Crippen molar-refractivity contribution in [3.63, 3.8) is 0 Å². The lowest BCUT2D eigenvalue weighted by Crippen LogP contribution is -2.41. The number of hydrogen-bond acceptors (Lipinski definition) is 3. The fraction of sp³-hybridized carbons (Fsp3) is 0.727. The molecule has 0 spiro atoms. The van der Waals surface area contributed by atoms with Crippen LogP contribution in [0, 0.1) is 0 Å². The Bertz CT molecular complexity index is 334. The molecule has 1 heterocycles. The summed E-state index contributed by atoms with van der Waals surface area (Å²) in [5.41, 5.74) is 2.87. The van der Waals surface area contributed by atoms with Crippen LogP contribution in [0.15, 0.2) is 5.10 Å². The normalized spacial score (nSPS) is 20.1. The van der Waals surface area contributed by atoms with Crippen molar-refractivity contribution in [2.24, 2.45) is 5.10 Å². The molecule has 0 atom stereocenters. The Morgan fingerprint density at radius 3 is 2.75 bits per heavy atom. The van der Waals surface area contributed by atoms with Crippen molar-refractivity contribution in [1.82, 2.24) is 10.3 Å². The number of nitrogens with one attached hydrogen (secondary N) is 1. The summed E-state index contributed by atoms with van der Waals surface area (Å²) in [5.74, 6) is -0.102. The van der Waals surface area contributed by atoms with E-state index in [1.165, 1.54) is 0 Å². The Morgan fingerprint density at radius 2 is 2.25 bits per heavy atom. The lowest BCUT2D eigenvalue weighted by atomic mass is 10.1. The first kappa shape index (κ1) is 11.1. The molecule has 1 aliphatic heterocycles. The lowest BCUT2D eigenvalue weighted by Gasteiger charge is -2.23. The molecular weight excluding hydrogens is 206 g/mol. The van der Waals surface area contributed by atoms with E-state index >= 15 is 0 Å². The number of amides is 2. The van der Waals surface area contributed by atoms with Crippen molar-refractivity contribution in [2.45, 2.75) is 45.1 Å². The van der Waals surface area contributed by atoms with Crippen LogP contribution in [-0.2, 0) is 9.59 Å². The highest BCUT2D eigenvalue weighted by Gasteiger charge is 2.34. The quantitative estimate of drug-likeness (QED) is 0.760. The van der Waals surface area contributed by atoms with Gasteiger partial charge in [-0.05, 0) is 19.3 Å². The third kappa shape index (κ3) is 2.40. The van der Waals surface area contributed by atoms with E-state index in [1.807, 2.05) is 4.90 Å². The first-order valence-corrected chi connectivity index (χ1v) is 5.88. The van der Waals surface area contributed by atoms with Crippen molar-refractivity contribution in [3.8, 4) is 0 Å². The maximum absolute atomic E-state index is 12.1. The van der Waals surface area contributed by atoms with Gasteiger partial charge in [0.25, 0.3) is 5.91 Å². The monoisotopic (exact) mass is 223 g/mol. The maximum atomic E-state index is 12.1. The minimum atomic E-state index is -0.106.